The highest BCUT2D eigenvalue weighted by Gasteiger charge is 2.27. The fourth-order valence-electron chi connectivity index (χ4n) is 2.69. The van der Waals surface area contributed by atoms with Gasteiger partial charge < -0.3 is 21.3 Å². The number of carbonyl (C=O) groups is 2. The molecule has 1 aliphatic carbocycles. The Morgan fingerprint density at radius 2 is 1.50 bits per heavy atom. The van der Waals surface area contributed by atoms with E-state index in [1.807, 2.05) is 31.2 Å². The Morgan fingerprint density at radius 1 is 0.955 bits per heavy atom. The highest BCUT2D eigenvalue weighted by Crippen LogP contribution is 2.19. The molecule has 0 radical (unpaired) electrons. The Kier molecular flexibility index (Phi) is 5.63. The van der Waals surface area contributed by atoms with Gasteiger partial charge in [-0.1, -0.05) is 30.5 Å². The second-order valence-electron chi connectivity index (χ2n) is 5.69. The van der Waals surface area contributed by atoms with Crippen LogP contribution in [0.4, 0.5) is 15.3 Å². The van der Waals surface area contributed by atoms with Crippen molar-refractivity contribution in [1.29, 1.82) is 0 Å². The van der Waals surface area contributed by atoms with Crippen molar-refractivity contribution in [3.8, 4) is 0 Å². The second-order valence-corrected chi connectivity index (χ2v) is 5.69. The van der Waals surface area contributed by atoms with Crippen LogP contribution in [0.25, 0.3) is 0 Å². The molecule has 1 saturated carbocycles. The van der Waals surface area contributed by atoms with Gasteiger partial charge in [-0.15, -0.1) is 0 Å². The zero-order valence-corrected chi connectivity index (χ0v) is 13.1. The molecule has 1 fully saturated rings. The molecular weight excluding hydrogens is 280 g/mol. The molecule has 1 aliphatic rings. The molecule has 0 saturated heterocycles. The van der Waals surface area contributed by atoms with Crippen LogP contribution in [-0.2, 0) is 0 Å². The Labute approximate surface area is 131 Å². The van der Waals surface area contributed by atoms with Crippen molar-refractivity contribution >= 4 is 17.7 Å². The van der Waals surface area contributed by atoms with Crippen LogP contribution in [0, 0.1) is 6.92 Å². The lowest BCUT2D eigenvalue weighted by molar-refractivity contribution is 0.220. The third-order valence-corrected chi connectivity index (χ3v) is 3.94. The van der Waals surface area contributed by atoms with Crippen molar-refractivity contribution in [2.24, 2.45) is 0 Å². The lowest BCUT2D eigenvalue weighted by Crippen LogP contribution is -2.55. The molecule has 22 heavy (non-hydrogen) atoms. The number of hydrogen-bond donors (Lipinski definition) is 4. The van der Waals surface area contributed by atoms with Crippen molar-refractivity contribution in [2.45, 2.75) is 44.7 Å². The largest absolute Gasteiger partial charge is 0.341 e. The molecule has 0 spiro atoms. The van der Waals surface area contributed by atoms with E-state index in [1.54, 1.807) is 7.05 Å². The van der Waals surface area contributed by atoms with Crippen LogP contribution < -0.4 is 21.3 Å². The molecule has 0 bridgehead atoms. The number of urea groups is 2. The maximum atomic E-state index is 12.1. The summed E-state index contributed by atoms with van der Waals surface area (Å²) in [7, 11) is 1.59. The maximum Gasteiger partial charge on any atom is 0.319 e. The van der Waals surface area contributed by atoms with E-state index in [1.165, 1.54) is 0 Å². The third-order valence-electron chi connectivity index (χ3n) is 3.94. The molecular formula is C16H24N4O2. The minimum absolute atomic E-state index is 0.0301. The molecule has 4 N–H and O–H groups in total. The van der Waals surface area contributed by atoms with E-state index in [-0.39, 0.29) is 24.1 Å². The number of benzene rings is 1. The predicted molar refractivity (Wildman–Crippen MR) is 87.0 cm³/mol. The standard InChI is InChI=1S/C16H24N4O2/c1-11-7-9-12(10-8-11)18-16(22)20-14-6-4-3-5-13(14)19-15(21)17-2/h7-10,13-14H,3-6H2,1-2H3,(H2,17,19,21)(H2,18,20,22). The zero-order chi connectivity index (χ0) is 15.9. The van der Waals surface area contributed by atoms with Crippen molar-refractivity contribution in [3.05, 3.63) is 29.8 Å². The first-order valence-corrected chi connectivity index (χ1v) is 7.71. The molecule has 0 aliphatic heterocycles. The lowest BCUT2D eigenvalue weighted by atomic mass is 9.90. The highest BCUT2D eigenvalue weighted by molar-refractivity contribution is 5.89. The summed E-state index contributed by atoms with van der Waals surface area (Å²) in [6.45, 7) is 2.00. The molecule has 1 aromatic carbocycles. The SMILES string of the molecule is CNC(=O)NC1CCCCC1NC(=O)Nc1ccc(C)cc1. The van der Waals surface area contributed by atoms with E-state index in [0.717, 1.165) is 36.9 Å². The van der Waals surface area contributed by atoms with Gasteiger partial charge in [-0.3, -0.25) is 0 Å². The second kappa shape index (κ2) is 7.68. The molecule has 6 nitrogen and oxygen atoms in total. The minimum atomic E-state index is -0.237. The number of carbonyl (C=O) groups excluding carboxylic acids is 2. The number of aryl methyl sites for hydroxylation is 1. The molecule has 4 amide bonds. The van der Waals surface area contributed by atoms with Crippen molar-refractivity contribution < 1.29 is 9.59 Å². The van der Waals surface area contributed by atoms with Crippen LogP contribution in [0.3, 0.4) is 0 Å². The molecule has 2 rings (SSSR count). The number of hydrogen-bond acceptors (Lipinski definition) is 2. The first-order chi connectivity index (χ1) is 10.6. The Balaban J connectivity index is 1.90. The zero-order valence-electron chi connectivity index (χ0n) is 13.1. The van der Waals surface area contributed by atoms with Crippen LogP contribution in [0.1, 0.15) is 31.2 Å². The fourth-order valence-corrected chi connectivity index (χ4v) is 2.69. The van der Waals surface area contributed by atoms with Gasteiger partial charge in [-0.2, -0.15) is 0 Å². The summed E-state index contributed by atoms with van der Waals surface area (Å²) < 4.78 is 0. The van der Waals surface area contributed by atoms with Gasteiger partial charge in [0.2, 0.25) is 0 Å². The first-order valence-electron chi connectivity index (χ1n) is 7.71. The molecule has 2 atom stereocenters. The summed E-state index contributed by atoms with van der Waals surface area (Å²) in [6, 6.07) is 7.12. The quantitative estimate of drug-likeness (QED) is 0.691. The van der Waals surface area contributed by atoms with E-state index in [2.05, 4.69) is 21.3 Å². The molecule has 1 aromatic rings. The average molecular weight is 304 g/mol. The third kappa shape index (κ3) is 4.65. The molecule has 2 unspecified atom stereocenters. The highest BCUT2D eigenvalue weighted by atomic mass is 16.2. The van der Waals surface area contributed by atoms with Gasteiger partial charge in [-0.05, 0) is 31.9 Å². The van der Waals surface area contributed by atoms with Crippen molar-refractivity contribution in [1.82, 2.24) is 16.0 Å². The average Bonchev–Trinajstić information content (AvgIpc) is 2.51. The van der Waals surface area contributed by atoms with Crippen LogP contribution in [0.2, 0.25) is 0 Å². The number of anilines is 1. The van der Waals surface area contributed by atoms with Crippen molar-refractivity contribution in [2.75, 3.05) is 12.4 Å². The van der Waals surface area contributed by atoms with E-state index in [0.29, 0.717) is 0 Å². The van der Waals surface area contributed by atoms with Crippen LogP contribution >= 0.6 is 0 Å². The maximum absolute atomic E-state index is 12.1. The van der Waals surface area contributed by atoms with Gasteiger partial charge >= 0.3 is 12.1 Å². The molecule has 0 heterocycles. The van der Waals surface area contributed by atoms with E-state index in [4.69, 9.17) is 0 Å². The van der Waals surface area contributed by atoms with Crippen molar-refractivity contribution in [3.63, 3.8) is 0 Å². The minimum Gasteiger partial charge on any atom is -0.341 e. The van der Waals surface area contributed by atoms with Gasteiger partial charge in [0.15, 0.2) is 0 Å². The van der Waals surface area contributed by atoms with Gasteiger partial charge in [0, 0.05) is 12.7 Å². The lowest BCUT2D eigenvalue weighted by Gasteiger charge is -2.32. The summed E-state index contributed by atoms with van der Waals surface area (Å²) in [5.74, 6) is 0. The summed E-state index contributed by atoms with van der Waals surface area (Å²) in [5.41, 5.74) is 1.91. The van der Waals surface area contributed by atoms with Gasteiger partial charge in [0.25, 0.3) is 0 Å². The van der Waals surface area contributed by atoms with Crippen LogP contribution in [0.5, 0.6) is 0 Å². The normalized spacial score (nSPS) is 20.8. The summed E-state index contributed by atoms with van der Waals surface area (Å²) >= 11 is 0. The number of rotatable bonds is 3. The van der Waals surface area contributed by atoms with Gasteiger partial charge in [-0.25, -0.2) is 9.59 Å². The Morgan fingerprint density at radius 3 is 2.05 bits per heavy atom. The molecule has 120 valence electrons. The smallest absolute Gasteiger partial charge is 0.319 e. The Bertz CT molecular complexity index is 515. The van der Waals surface area contributed by atoms with E-state index in [9.17, 15) is 9.59 Å². The van der Waals surface area contributed by atoms with Gasteiger partial charge in [0.1, 0.15) is 0 Å². The molecule has 0 aromatic heterocycles. The summed E-state index contributed by atoms with van der Waals surface area (Å²) in [5, 5.41) is 11.3. The van der Waals surface area contributed by atoms with Crippen LogP contribution in [-0.4, -0.2) is 31.2 Å². The number of nitrogens with one attached hydrogen (secondary N) is 4. The topological polar surface area (TPSA) is 82.3 Å². The number of amides is 4. The first kappa shape index (κ1) is 16.1. The Hall–Kier alpha value is -2.24. The van der Waals surface area contributed by atoms with Crippen LogP contribution in [0.15, 0.2) is 24.3 Å². The van der Waals surface area contributed by atoms with Gasteiger partial charge in [0.05, 0.1) is 12.1 Å². The summed E-state index contributed by atoms with van der Waals surface area (Å²) in [4.78, 5) is 23.6. The van der Waals surface area contributed by atoms with E-state index >= 15 is 0 Å². The predicted octanol–water partition coefficient (Wildman–Crippen LogP) is 2.36. The monoisotopic (exact) mass is 304 g/mol. The molecule has 6 heteroatoms. The summed E-state index contributed by atoms with van der Waals surface area (Å²) in [6.07, 6.45) is 3.87. The van der Waals surface area contributed by atoms with E-state index < -0.39 is 0 Å². The fraction of sp³-hybridized carbons (Fsp3) is 0.500.